The monoisotopic (exact) mass is 411 g/mol. The Hall–Kier alpha value is -2.44. The van der Waals surface area contributed by atoms with Gasteiger partial charge < -0.3 is 14.8 Å². The first-order chi connectivity index (χ1) is 13.7. The Bertz CT molecular complexity index is 909. The Labute approximate surface area is 176 Å². The zero-order valence-electron chi connectivity index (χ0n) is 17.7. The molecule has 29 heavy (non-hydrogen) atoms. The first kappa shape index (κ1) is 21.3. The molecule has 6 heteroatoms. The molecular weight excluding hydrogens is 382 g/mol. The average Bonchev–Trinajstić information content (AvgIpc) is 3.20. The zero-order valence-corrected chi connectivity index (χ0v) is 18.5. The number of nitrogens with zero attached hydrogens (tertiary/aromatic N) is 1. The van der Waals surface area contributed by atoms with E-state index in [-0.39, 0.29) is 10.7 Å². The number of carbonyl (C=O) groups excluding carboxylic acids is 1. The number of rotatable bonds is 5. The molecular formula is C23H29N3O2S. The molecule has 0 spiro atoms. The minimum Gasteiger partial charge on any atom is -0.593 e. The van der Waals surface area contributed by atoms with E-state index in [4.69, 9.17) is 0 Å². The van der Waals surface area contributed by atoms with Crippen LogP contribution in [-0.4, -0.2) is 28.3 Å². The lowest BCUT2D eigenvalue weighted by atomic mass is 10.0. The van der Waals surface area contributed by atoms with Crippen LogP contribution in [0.25, 0.3) is 0 Å². The summed E-state index contributed by atoms with van der Waals surface area (Å²) in [6.07, 6.45) is 4.33. The van der Waals surface area contributed by atoms with Gasteiger partial charge in [-0.25, -0.2) is 4.72 Å². The molecule has 2 aromatic carbocycles. The summed E-state index contributed by atoms with van der Waals surface area (Å²) in [6, 6.07) is 11.1. The van der Waals surface area contributed by atoms with E-state index in [2.05, 4.69) is 40.1 Å². The molecule has 3 rings (SSSR count). The van der Waals surface area contributed by atoms with Crippen LogP contribution in [-0.2, 0) is 11.4 Å². The molecule has 1 unspecified atom stereocenters. The number of hydrogen-bond donors (Lipinski definition) is 2. The average molecular weight is 412 g/mol. The quantitative estimate of drug-likeness (QED) is 0.547. The van der Waals surface area contributed by atoms with Gasteiger partial charge in [-0.15, -0.1) is 0 Å². The molecule has 0 saturated carbocycles. The first-order valence-electron chi connectivity index (χ1n) is 9.77. The lowest BCUT2D eigenvalue weighted by Crippen LogP contribution is -2.33. The van der Waals surface area contributed by atoms with Gasteiger partial charge in [0.15, 0.2) is 0 Å². The van der Waals surface area contributed by atoms with Crippen LogP contribution in [0.1, 0.15) is 42.3 Å². The Kier molecular flexibility index (Phi) is 6.24. The number of benzene rings is 2. The van der Waals surface area contributed by atoms with Gasteiger partial charge in [-0.1, -0.05) is 12.2 Å². The van der Waals surface area contributed by atoms with E-state index in [1.54, 1.807) is 24.3 Å². The molecule has 0 bridgehead atoms. The van der Waals surface area contributed by atoms with E-state index in [0.717, 1.165) is 30.0 Å². The van der Waals surface area contributed by atoms with Crippen LogP contribution in [0, 0.1) is 13.8 Å². The fourth-order valence-corrected chi connectivity index (χ4v) is 3.76. The lowest BCUT2D eigenvalue weighted by Gasteiger charge is -2.24. The lowest BCUT2D eigenvalue weighted by molar-refractivity contribution is 0.102. The third kappa shape index (κ3) is 4.95. The molecule has 0 saturated heterocycles. The van der Waals surface area contributed by atoms with Crippen molar-refractivity contribution >= 4 is 34.3 Å². The molecule has 1 heterocycles. The highest BCUT2D eigenvalue weighted by Gasteiger charge is 2.26. The van der Waals surface area contributed by atoms with Crippen molar-refractivity contribution in [2.24, 2.45) is 0 Å². The van der Waals surface area contributed by atoms with Gasteiger partial charge in [-0.2, -0.15) is 0 Å². The van der Waals surface area contributed by atoms with Crippen LogP contribution >= 0.6 is 0 Å². The maximum absolute atomic E-state index is 12.7. The van der Waals surface area contributed by atoms with Gasteiger partial charge in [-0.05, 0) is 82.1 Å². The summed E-state index contributed by atoms with van der Waals surface area (Å²) in [5.41, 5.74) is 5.55. The summed E-state index contributed by atoms with van der Waals surface area (Å²) in [6.45, 7) is 11.7. The second-order valence-corrected chi connectivity index (χ2v) is 10.2. The Morgan fingerprint density at radius 1 is 1.00 bits per heavy atom. The van der Waals surface area contributed by atoms with Crippen LogP contribution in [0.3, 0.4) is 0 Å². The molecule has 154 valence electrons. The third-order valence-electron chi connectivity index (χ3n) is 5.08. The van der Waals surface area contributed by atoms with Gasteiger partial charge in [0, 0.05) is 30.0 Å². The second kappa shape index (κ2) is 8.51. The molecule has 1 amide bonds. The number of anilines is 3. The van der Waals surface area contributed by atoms with Gasteiger partial charge in [0.1, 0.15) is 4.75 Å². The first-order valence-corrected chi connectivity index (χ1v) is 10.9. The van der Waals surface area contributed by atoms with Gasteiger partial charge in [0.25, 0.3) is 5.91 Å². The Morgan fingerprint density at radius 3 is 2.21 bits per heavy atom. The standard InChI is InChI=1S/C23H29N3O2S/c1-16-17(2)21(26-14-6-7-15-26)13-12-20(16)24-22(27)18-8-10-19(11-9-18)25-29(28)23(3,4)5/h6-13,25H,14-15H2,1-5H3,(H,24,27). The predicted octanol–water partition coefficient (Wildman–Crippen LogP) is 4.81. The second-order valence-electron chi connectivity index (χ2n) is 8.27. The van der Waals surface area contributed by atoms with Gasteiger partial charge in [0.05, 0.1) is 17.0 Å². The third-order valence-corrected chi connectivity index (χ3v) is 6.61. The van der Waals surface area contributed by atoms with E-state index >= 15 is 0 Å². The molecule has 0 aromatic heterocycles. The van der Waals surface area contributed by atoms with Crippen molar-refractivity contribution in [2.75, 3.05) is 28.0 Å². The van der Waals surface area contributed by atoms with E-state index in [9.17, 15) is 9.35 Å². The molecule has 2 N–H and O–H groups in total. The maximum Gasteiger partial charge on any atom is 0.255 e. The van der Waals surface area contributed by atoms with Crippen molar-refractivity contribution < 1.29 is 9.35 Å². The van der Waals surface area contributed by atoms with E-state index in [0.29, 0.717) is 5.56 Å². The van der Waals surface area contributed by atoms with E-state index in [1.165, 1.54) is 11.3 Å². The molecule has 0 fully saturated rings. The fourth-order valence-electron chi connectivity index (χ4n) is 3.10. The number of nitrogens with one attached hydrogen (secondary N) is 2. The molecule has 1 aliphatic heterocycles. The smallest absolute Gasteiger partial charge is 0.255 e. The van der Waals surface area contributed by atoms with Crippen molar-refractivity contribution in [1.29, 1.82) is 0 Å². The number of hydrogen-bond acceptors (Lipinski definition) is 4. The van der Waals surface area contributed by atoms with Crippen LogP contribution in [0.15, 0.2) is 48.6 Å². The van der Waals surface area contributed by atoms with Gasteiger partial charge in [0.2, 0.25) is 0 Å². The maximum atomic E-state index is 12.7. The summed E-state index contributed by atoms with van der Waals surface area (Å²) < 4.78 is 14.8. The highest BCUT2D eigenvalue weighted by atomic mass is 32.2. The van der Waals surface area contributed by atoms with Crippen LogP contribution in [0.4, 0.5) is 17.1 Å². The van der Waals surface area contributed by atoms with Crippen LogP contribution in [0.5, 0.6) is 0 Å². The summed E-state index contributed by atoms with van der Waals surface area (Å²) in [7, 11) is 0. The summed E-state index contributed by atoms with van der Waals surface area (Å²) >= 11 is -1.21. The van der Waals surface area contributed by atoms with Crippen LogP contribution in [0.2, 0.25) is 0 Å². The molecule has 0 radical (unpaired) electrons. The van der Waals surface area contributed by atoms with Gasteiger partial charge in [-0.3, -0.25) is 4.79 Å². The largest absolute Gasteiger partial charge is 0.593 e. The van der Waals surface area contributed by atoms with E-state index < -0.39 is 11.4 Å². The SMILES string of the molecule is Cc1c(NC(=O)c2ccc(N[S+]([O-])C(C)(C)C)cc2)ccc(N2CC=CC2)c1C. The normalized spacial score (nSPS) is 14.8. The van der Waals surface area contributed by atoms with Gasteiger partial charge >= 0.3 is 0 Å². The van der Waals surface area contributed by atoms with E-state index in [1.807, 2.05) is 33.8 Å². The minimum absolute atomic E-state index is 0.161. The van der Waals surface area contributed by atoms with Crippen molar-refractivity contribution in [3.8, 4) is 0 Å². The molecule has 2 aromatic rings. The predicted molar refractivity (Wildman–Crippen MR) is 123 cm³/mol. The Balaban J connectivity index is 1.69. The molecule has 1 atom stereocenters. The summed E-state index contributed by atoms with van der Waals surface area (Å²) in [5.74, 6) is -0.161. The highest BCUT2D eigenvalue weighted by Crippen LogP contribution is 2.30. The highest BCUT2D eigenvalue weighted by molar-refractivity contribution is 7.94. The van der Waals surface area contributed by atoms with Crippen molar-refractivity contribution in [3.63, 3.8) is 0 Å². The summed E-state index contributed by atoms with van der Waals surface area (Å²) in [4.78, 5) is 15.0. The topological polar surface area (TPSA) is 67.4 Å². The van der Waals surface area contributed by atoms with Crippen molar-refractivity contribution in [1.82, 2.24) is 0 Å². The summed E-state index contributed by atoms with van der Waals surface area (Å²) in [5, 5.41) is 3.02. The van der Waals surface area contributed by atoms with Crippen LogP contribution < -0.4 is 14.9 Å². The fraction of sp³-hybridized carbons (Fsp3) is 0.348. The number of amides is 1. The Morgan fingerprint density at radius 2 is 1.62 bits per heavy atom. The van der Waals surface area contributed by atoms with Crippen molar-refractivity contribution in [2.45, 2.75) is 39.4 Å². The molecule has 1 aliphatic rings. The molecule has 0 aliphatic carbocycles. The number of carbonyl (C=O) groups is 1. The van der Waals surface area contributed by atoms with Crippen molar-refractivity contribution in [3.05, 3.63) is 65.2 Å². The molecule has 5 nitrogen and oxygen atoms in total. The minimum atomic E-state index is -1.21. The zero-order chi connectivity index (χ0) is 21.2.